The number of carbonyl (C=O) groups excluding carboxylic acids is 1. The number of hydrogen-bond donors (Lipinski definition) is 1. The molecule has 1 amide bonds. The highest BCUT2D eigenvalue weighted by atomic mass is 32.1. The lowest BCUT2D eigenvalue weighted by molar-refractivity contribution is -0.131. The van der Waals surface area contributed by atoms with E-state index < -0.39 is 0 Å². The van der Waals surface area contributed by atoms with E-state index in [0.717, 1.165) is 6.54 Å². The van der Waals surface area contributed by atoms with Gasteiger partial charge in [-0.15, -0.1) is 0 Å². The smallest absolute Gasteiger partial charge is 0.241 e. The molecule has 1 saturated carbocycles. The Balaban J connectivity index is 1.83. The summed E-state index contributed by atoms with van der Waals surface area (Å²) in [6.07, 6.45) is 6.45. The van der Waals surface area contributed by atoms with Crippen LogP contribution >= 0.6 is 11.3 Å². The Morgan fingerprint density at radius 2 is 2.20 bits per heavy atom. The molecule has 2 heterocycles. The van der Waals surface area contributed by atoms with Crippen LogP contribution in [-0.2, 0) is 4.79 Å². The number of rotatable bonds is 4. The largest absolute Gasteiger partial charge is 0.321 e. The van der Waals surface area contributed by atoms with Crippen LogP contribution in [0.15, 0.2) is 16.8 Å². The summed E-state index contributed by atoms with van der Waals surface area (Å²) in [6.45, 7) is 5.18. The van der Waals surface area contributed by atoms with E-state index in [1.54, 1.807) is 11.3 Å². The number of hydrogen-bond acceptors (Lipinski definition) is 3. The topological polar surface area (TPSA) is 32.3 Å². The van der Waals surface area contributed by atoms with Crippen molar-refractivity contribution in [2.45, 2.75) is 58.2 Å². The van der Waals surface area contributed by atoms with Crippen molar-refractivity contribution in [1.82, 2.24) is 10.2 Å². The van der Waals surface area contributed by atoms with Crippen LogP contribution in [-0.4, -0.2) is 23.4 Å². The molecule has 1 aromatic heterocycles. The van der Waals surface area contributed by atoms with Crippen molar-refractivity contribution < 1.29 is 4.79 Å². The molecule has 0 spiro atoms. The maximum atomic E-state index is 12.5. The maximum Gasteiger partial charge on any atom is 0.241 e. The fourth-order valence-electron chi connectivity index (χ4n) is 3.76. The maximum absolute atomic E-state index is 12.5. The van der Waals surface area contributed by atoms with E-state index in [1.165, 1.54) is 37.7 Å². The van der Waals surface area contributed by atoms with Gasteiger partial charge in [0.25, 0.3) is 0 Å². The van der Waals surface area contributed by atoms with Gasteiger partial charge in [-0.25, -0.2) is 0 Å². The minimum Gasteiger partial charge on any atom is -0.321 e. The van der Waals surface area contributed by atoms with Crippen LogP contribution in [0.1, 0.15) is 57.7 Å². The van der Waals surface area contributed by atoms with Crippen LogP contribution in [0.25, 0.3) is 0 Å². The molecule has 4 heteroatoms. The van der Waals surface area contributed by atoms with Crippen molar-refractivity contribution >= 4 is 17.2 Å². The summed E-state index contributed by atoms with van der Waals surface area (Å²) in [7, 11) is 0. The molecule has 20 heavy (non-hydrogen) atoms. The Kier molecular flexibility index (Phi) is 3.87. The van der Waals surface area contributed by atoms with Gasteiger partial charge >= 0.3 is 0 Å². The van der Waals surface area contributed by atoms with Crippen molar-refractivity contribution in [3.63, 3.8) is 0 Å². The van der Waals surface area contributed by atoms with Gasteiger partial charge < -0.3 is 4.90 Å². The van der Waals surface area contributed by atoms with E-state index in [0.29, 0.717) is 5.41 Å². The minimum absolute atomic E-state index is 0.0600. The minimum atomic E-state index is -0.0600. The fraction of sp³-hybridized carbons (Fsp3) is 0.688. The highest BCUT2D eigenvalue weighted by molar-refractivity contribution is 7.07. The Hall–Kier alpha value is -0.870. The zero-order valence-electron chi connectivity index (χ0n) is 12.4. The second-order valence-electron chi connectivity index (χ2n) is 6.37. The Morgan fingerprint density at radius 1 is 1.45 bits per heavy atom. The van der Waals surface area contributed by atoms with Crippen molar-refractivity contribution in [2.24, 2.45) is 5.41 Å². The molecule has 1 saturated heterocycles. The highest BCUT2D eigenvalue weighted by Crippen LogP contribution is 2.43. The number of nitrogens with zero attached hydrogens (tertiary/aromatic N) is 1. The third kappa shape index (κ3) is 2.40. The van der Waals surface area contributed by atoms with Crippen LogP contribution in [0.3, 0.4) is 0 Å². The summed E-state index contributed by atoms with van der Waals surface area (Å²) >= 11 is 1.70. The predicted molar refractivity (Wildman–Crippen MR) is 82.6 cm³/mol. The molecular weight excluding hydrogens is 268 g/mol. The van der Waals surface area contributed by atoms with E-state index in [-0.39, 0.29) is 18.1 Å². The molecule has 0 aromatic carbocycles. The van der Waals surface area contributed by atoms with E-state index in [9.17, 15) is 4.79 Å². The van der Waals surface area contributed by atoms with Crippen LogP contribution in [0.5, 0.6) is 0 Å². The third-order valence-electron chi connectivity index (χ3n) is 5.15. The summed E-state index contributed by atoms with van der Waals surface area (Å²) in [5.41, 5.74) is 1.59. The average molecular weight is 292 g/mol. The summed E-state index contributed by atoms with van der Waals surface area (Å²) in [5, 5.41) is 7.70. The number of thiophene rings is 1. The average Bonchev–Trinajstić information content (AvgIpc) is 3.17. The molecular formula is C16H24N2OS. The molecule has 3 rings (SSSR count). The van der Waals surface area contributed by atoms with Gasteiger partial charge in [0.05, 0.1) is 6.04 Å². The second kappa shape index (κ2) is 5.49. The first-order valence-corrected chi connectivity index (χ1v) is 8.68. The van der Waals surface area contributed by atoms with Gasteiger partial charge in [-0.1, -0.05) is 19.8 Å². The molecule has 0 bridgehead atoms. The molecule has 1 aromatic rings. The SMILES string of the molecule is CCC1(CN2C(=O)C(C)NC2c2ccsc2)CCCC1. The molecule has 3 nitrogen and oxygen atoms in total. The number of nitrogens with one attached hydrogen (secondary N) is 1. The lowest BCUT2D eigenvalue weighted by Crippen LogP contribution is -2.39. The van der Waals surface area contributed by atoms with Gasteiger partial charge in [0.1, 0.15) is 6.17 Å². The Morgan fingerprint density at radius 3 is 2.80 bits per heavy atom. The highest BCUT2D eigenvalue weighted by Gasteiger charge is 2.43. The molecule has 1 aliphatic heterocycles. The van der Waals surface area contributed by atoms with Gasteiger partial charge in [-0.2, -0.15) is 11.3 Å². The second-order valence-corrected chi connectivity index (χ2v) is 7.15. The van der Waals surface area contributed by atoms with Gasteiger partial charge in [0.2, 0.25) is 5.91 Å². The quantitative estimate of drug-likeness (QED) is 0.920. The van der Waals surface area contributed by atoms with Gasteiger partial charge in [0.15, 0.2) is 0 Å². The third-order valence-corrected chi connectivity index (χ3v) is 5.85. The molecule has 2 atom stereocenters. The zero-order valence-corrected chi connectivity index (χ0v) is 13.2. The van der Waals surface area contributed by atoms with Crippen molar-refractivity contribution in [3.05, 3.63) is 22.4 Å². The summed E-state index contributed by atoms with van der Waals surface area (Å²) < 4.78 is 0. The van der Waals surface area contributed by atoms with Crippen molar-refractivity contribution in [3.8, 4) is 0 Å². The molecule has 2 unspecified atom stereocenters. The van der Waals surface area contributed by atoms with Crippen LogP contribution < -0.4 is 5.32 Å². The summed E-state index contributed by atoms with van der Waals surface area (Å²) in [6, 6.07) is 2.07. The lowest BCUT2D eigenvalue weighted by atomic mass is 9.82. The Bertz CT molecular complexity index is 465. The summed E-state index contributed by atoms with van der Waals surface area (Å²) in [5.74, 6) is 0.265. The van der Waals surface area contributed by atoms with Crippen molar-refractivity contribution in [1.29, 1.82) is 0 Å². The molecule has 110 valence electrons. The van der Waals surface area contributed by atoms with Crippen LogP contribution in [0.4, 0.5) is 0 Å². The lowest BCUT2D eigenvalue weighted by Gasteiger charge is -2.35. The standard InChI is InChI=1S/C16H24N2OS/c1-3-16(7-4-5-8-16)11-18-14(13-6-9-20-10-13)17-12(2)15(18)19/h6,9-10,12,14,17H,3-5,7-8,11H2,1-2H3. The molecule has 1 aliphatic carbocycles. The Labute approximate surface area is 125 Å². The predicted octanol–water partition coefficient (Wildman–Crippen LogP) is 3.54. The van der Waals surface area contributed by atoms with E-state index in [4.69, 9.17) is 0 Å². The first-order valence-electron chi connectivity index (χ1n) is 7.74. The number of amides is 1. The first kappa shape index (κ1) is 14.1. The van der Waals surface area contributed by atoms with E-state index in [1.807, 2.05) is 6.92 Å². The van der Waals surface area contributed by atoms with Crippen LogP contribution in [0.2, 0.25) is 0 Å². The molecule has 0 radical (unpaired) electrons. The number of carbonyl (C=O) groups is 1. The van der Waals surface area contributed by atoms with E-state index in [2.05, 4.69) is 34.0 Å². The normalized spacial score (nSPS) is 29.3. The molecule has 2 aliphatic rings. The molecule has 1 N–H and O–H groups in total. The molecule has 2 fully saturated rings. The fourth-order valence-corrected chi connectivity index (χ4v) is 4.44. The van der Waals surface area contributed by atoms with Crippen LogP contribution in [0, 0.1) is 5.41 Å². The summed E-state index contributed by atoms with van der Waals surface area (Å²) in [4.78, 5) is 14.6. The van der Waals surface area contributed by atoms with Crippen molar-refractivity contribution in [2.75, 3.05) is 6.54 Å². The monoisotopic (exact) mass is 292 g/mol. The zero-order chi connectivity index (χ0) is 14.2. The first-order chi connectivity index (χ1) is 9.65. The van der Waals surface area contributed by atoms with Gasteiger partial charge in [0, 0.05) is 6.54 Å². The van der Waals surface area contributed by atoms with Gasteiger partial charge in [-0.3, -0.25) is 10.1 Å². The van der Waals surface area contributed by atoms with Gasteiger partial charge in [-0.05, 0) is 54.0 Å². The van der Waals surface area contributed by atoms with E-state index >= 15 is 0 Å².